The zero-order chi connectivity index (χ0) is 13.0. The van der Waals surface area contributed by atoms with E-state index in [1.54, 1.807) is 6.92 Å². The lowest BCUT2D eigenvalue weighted by Crippen LogP contribution is -2.32. The Balaban J connectivity index is 2.66. The van der Waals surface area contributed by atoms with E-state index in [0.717, 1.165) is 12.1 Å². The molecule has 0 bridgehead atoms. The summed E-state index contributed by atoms with van der Waals surface area (Å²) in [6.45, 7) is 3.62. The molecule has 0 spiro atoms. The molecule has 1 rings (SSSR count). The minimum atomic E-state index is -0.876. The number of hydrogen-bond acceptors (Lipinski definition) is 2. The number of carbonyl (C=O) groups excluding carboxylic acids is 1. The van der Waals surface area contributed by atoms with Crippen molar-refractivity contribution in [2.24, 2.45) is 5.73 Å². The van der Waals surface area contributed by atoms with Crippen molar-refractivity contribution in [3.63, 3.8) is 0 Å². The third kappa shape index (κ3) is 4.11. The van der Waals surface area contributed by atoms with Gasteiger partial charge in [0.15, 0.2) is 11.6 Å². The van der Waals surface area contributed by atoms with Gasteiger partial charge in [-0.15, -0.1) is 0 Å². The monoisotopic (exact) mass is 242 g/mol. The van der Waals surface area contributed by atoms with Gasteiger partial charge in [-0.1, -0.05) is 6.07 Å². The molecule has 17 heavy (non-hydrogen) atoms. The van der Waals surface area contributed by atoms with Gasteiger partial charge in [-0.2, -0.15) is 0 Å². The molecule has 0 heterocycles. The van der Waals surface area contributed by atoms with Crippen LogP contribution in [0.2, 0.25) is 0 Å². The summed E-state index contributed by atoms with van der Waals surface area (Å²) >= 11 is 0. The van der Waals surface area contributed by atoms with Crippen LogP contribution < -0.4 is 11.1 Å². The predicted molar refractivity (Wildman–Crippen MR) is 61.2 cm³/mol. The van der Waals surface area contributed by atoms with Gasteiger partial charge >= 0.3 is 0 Å². The molecule has 0 aliphatic rings. The Morgan fingerprint density at radius 2 is 2.00 bits per heavy atom. The molecule has 2 atom stereocenters. The Morgan fingerprint density at radius 3 is 2.53 bits per heavy atom. The lowest BCUT2D eigenvalue weighted by atomic mass is 10.1. The first-order valence-electron chi connectivity index (χ1n) is 5.39. The van der Waals surface area contributed by atoms with E-state index in [1.165, 1.54) is 6.07 Å². The number of benzene rings is 1. The van der Waals surface area contributed by atoms with E-state index in [0.29, 0.717) is 5.56 Å². The van der Waals surface area contributed by atoms with Crippen LogP contribution in [0.25, 0.3) is 0 Å². The van der Waals surface area contributed by atoms with Crippen LogP contribution in [-0.2, 0) is 4.79 Å². The summed E-state index contributed by atoms with van der Waals surface area (Å²) in [5.74, 6) is -2.15. The molecule has 0 aliphatic carbocycles. The zero-order valence-electron chi connectivity index (χ0n) is 9.84. The number of carbonyl (C=O) groups is 1. The molecule has 0 radical (unpaired) electrons. The highest BCUT2D eigenvalue weighted by atomic mass is 19.2. The third-order valence-corrected chi connectivity index (χ3v) is 2.49. The standard InChI is InChI=1S/C12H16F2N2O/c1-7(5-12(15)17)16-8(2)9-3-4-10(13)11(14)6-9/h3-4,6-8,16H,5H2,1-2H3,(H2,15,17). The van der Waals surface area contributed by atoms with Crippen LogP contribution in [0, 0.1) is 11.6 Å². The van der Waals surface area contributed by atoms with E-state index in [4.69, 9.17) is 5.73 Å². The van der Waals surface area contributed by atoms with E-state index < -0.39 is 17.5 Å². The molecule has 0 fully saturated rings. The Labute approximate surface area is 99.0 Å². The number of halogens is 2. The maximum absolute atomic E-state index is 13.0. The third-order valence-electron chi connectivity index (χ3n) is 2.49. The first kappa shape index (κ1) is 13.6. The van der Waals surface area contributed by atoms with Gasteiger partial charge in [0.1, 0.15) is 0 Å². The predicted octanol–water partition coefficient (Wildman–Crippen LogP) is 1.88. The molecular weight excluding hydrogens is 226 g/mol. The summed E-state index contributed by atoms with van der Waals surface area (Å²) in [5, 5.41) is 3.08. The highest BCUT2D eigenvalue weighted by Crippen LogP contribution is 2.16. The maximum atomic E-state index is 13.0. The van der Waals surface area contributed by atoms with Crippen molar-refractivity contribution in [3.8, 4) is 0 Å². The van der Waals surface area contributed by atoms with Crippen LogP contribution in [0.15, 0.2) is 18.2 Å². The molecule has 0 aliphatic heterocycles. The summed E-state index contributed by atoms with van der Waals surface area (Å²) in [5.41, 5.74) is 5.69. The van der Waals surface area contributed by atoms with E-state index in [2.05, 4.69) is 5.32 Å². The molecule has 1 aromatic carbocycles. The summed E-state index contributed by atoms with van der Waals surface area (Å²) in [6, 6.07) is 3.44. The van der Waals surface area contributed by atoms with Crippen LogP contribution in [0.5, 0.6) is 0 Å². The largest absolute Gasteiger partial charge is 0.370 e. The molecule has 1 amide bonds. The fourth-order valence-corrected chi connectivity index (χ4v) is 1.67. The molecule has 0 aromatic heterocycles. The van der Waals surface area contributed by atoms with Gasteiger partial charge in [0, 0.05) is 18.5 Å². The first-order chi connectivity index (χ1) is 7.90. The van der Waals surface area contributed by atoms with E-state index in [-0.39, 0.29) is 18.5 Å². The first-order valence-corrected chi connectivity index (χ1v) is 5.39. The average molecular weight is 242 g/mol. The topological polar surface area (TPSA) is 55.1 Å². The number of hydrogen-bond donors (Lipinski definition) is 2. The highest BCUT2D eigenvalue weighted by Gasteiger charge is 2.13. The van der Waals surface area contributed by atoms with E-state index >= 15 is 0 Å². The smallest absolute Gasteiger partial charge is 0.218 e. The lowest BCUT2D eigenvalue weighted by molar-refractivity contribution is -0.118. The van der Waals surface area contributed by atoms with E-state index in [1.807, 2.05) is 6.92 Å². The number of rotatable bonds is 5. The second-order valence-electron chi connectivity index (χ2n) is 4.13. The minimum Gasteiger partial charge on any atom is -0.370 e. The van der Waals surface area contributed by atoms with Gasteiger partial charge in [-0.05, 0) is 31.5 Å². The minimum absolute atomic E-state index is 0.115. The van der Waals surface area contributed by atoms with E-state index in [9.17, 15) is 13.6 Å². The van der Waals surface area contributed by atoms with Crippen LogP contribution in [0.4, 0.5) is 8.78 Å². The van der Waals surface area contributed by atoms with Crippen LogP contribution in [0.3, 0.4) is 0 Å². The quantitative estimate of drug-likeness (QED) is 0.828. The summed E-state index contributed by atoms with van der Waals surface area (Å²) in [7, 11) is 0. The number of nitrogens with two attached hydrogens (primary N) is 1. The Morgan fingerprint density at radius 1 is 1.35 bits per heavy atom. The fraction of sp³-hybridized carbons (Fsp3) is 0.417. The van der Waals surface area contributed by atoms with Gasteiger partial charge in [-0.25, -0.2) is 8.78 Å². The number of amides is 1. The fourth-order valence-electron chi connectivity index (χ4n) is 1.67. The maximum Gasteiger partial charge on any atom is 0.218 e. The molecule has 3 N–H and O–H groups in total. The van der Waals surface area contributed by atoms with Gasteiger partial charge in [0.05, 0.1) is 0 Å². The molecular formula is C12H16F2N2O. The molecule has 0 saturated carbocycles. The van der Waals surface area contributed by atoms with Crippen molar-refractivity contribution in [2.45, 2.75) is 32.4 Å². The molecule has 1 aromatic rings. The second-order valence-corrected chi connectivity index (χ2v) is 4.13. The van der Waals surface area contributed by atoms with Crippen molar-refractivity contribution in [3.05, 3.63) is 35.4 Å². The van der Waals surface area contributed by atoms with Crippen LogP contribution >= 0.6 is 0 Å². The van der Waals surface area contributed by atoms with Crippen LogP contribution in [-0.4, -0.2) is 11.9 Å². The SMILES string of the molecule is CC(CC(N)=O)NC(C)c1ccc(F)c(F)c1. The van der Waals surface area contributed by atoms with Crippen molar-refractivity contribution < 1.29 is 13.6 Å². The second kappa shape index (κ2) is 5.72. The molecule has 0 saturated heterocycles. The number of primary amides is 1. The zero-order valence-corrected chi connectivity index (χ0v) is 9.84. The highest BCUT2D eigenvalue weighted by molar-refractivity contribution is 5.74. The summed E-state index contributed by atoms with van der Waals surface area (Å²) in [4.78, 5) is 10.7. The van der Waals surface area contributed by atoms with Crippen molar-refractivity contribution in [1.82, 2.24) is 5.32 Å². The molecule has 2 unspecified atom stereocenters. The van der Waals surface area contributed by atoms with Gasteiger partial charge in [-0.3, -0.25) is 4.79 Å². The Kier molecular flexibility index (Phi) is 4.57. The molecule has 5 heteroatoms. The van der Waals surface area contributed by atoms with Crippen molar-refractivity contribution >= 4 is 5.91 Å². The van der Waals surface area contributed by atoms with Crippen molar-refractivity contribution in [2.75, 3.05) is 0 Å². The summed E-state index contributed by atoms with van der Waals surface area (Å²) < 4.78 is 25.8. The number of nitrogens with one attached hydrogen (secondary N) is 1. The Bertz CT molecular complexity index is 409. The van der Waals surface area contributed by atoms with Crippen molar-refractivity contribution in [1.29, 1.82) is 0 Å². The molecule has 94 valence electrons. The van der Waals surface area contributed by atoms with Crippen LogP contribution in [0.1, 0.15) is 31.9 Å². The van der Waals surface area contributed by atoms with Gasteiger partial charge in [0.25, 0.3) is 0 Å². The lowest BCUT2D eigenvalue weighted by Gasteiger charge is -2.19. The Hall–Kier alpha value is -1.49. The normalized spacial score (nSPS) is 14.4. The average Bonchev–Trinajstić information content (AvgIpc) is 2.20. The van der Waals surface area contributed by atoms with Gasteiger partial charge < -0.3 is 11.1 Å². The summed E-state index contributed by atoms with van der Waals surface area (Å²) in [6.07, 6.45) is 0.202. The molecule has 3 nitrogen and oxygen atoms in total. The van der Waals surface area contributed by atoms with Gasteiger partial charge in [0.2, 0.25) is 5.91 Å².